The highest BCUT2D eigenvalue weighted by atomic mass is 32.1. The van der Waals surface area contributed by atoms with E-state index in [1.807, 2.05) is 79.7 Å². The highest BCUT2D eigenvalue weighted by Gasteiger charge is 2.16. The predicted octanol–water partition coefficient (Wildman–Crippen LogP) is 6.17. The van der Waals surface area contributed by atoms with Crippen LogP contribution < -0.4 is 14.8 Å². The minimum atomic E-state index is -0.234. The molecule has 0 fully saturated rings. The summed E-state index contributed by atoms with van der Waals surface area (Å²) in [4.78, 5) is 22.7. The Morgan fingerprint density at radius 1 is 0.939 bits per heavy atom. The number of aromatic nitrogens is 2. The van der Waals surface area contributed by atoms with Gasteiger partial charge in [0.05, 0.1) is 40.7 Å². The lowest BCUT2D eigenvalue weighted by molar-refractivity contribution is 0.102. The second-order valence-corrected chi connectivity index (χ2v) is 8.37. The van der Waals surface area contributed by atoms with Crippen molar-refractivity contribution >= 4 is 43.5 Å². The number of para-hydroxylation sites is 1. The number of carbonyl (C=O) groups excluding carboxylic acids is 1. The monoisotopic (exact) mass is 455 g/mol. The standard InChI is InChI=1S/C26H21N3O3S/c1-3-32-18-11-12-22-24(14-18)33-26(28-22)29-25(30)20-15-23(16-7-6-8-17(13-16)31-2)27-21-10-5-4-9-19(20)21/h4-15H,3H2,1-2H3,(H,28,29,30). The molecular weight excluding hydrogens is 434 g/mol. The topological polar surface area (TPSA) is 73.3 Å². The fourth-order valence-corrected chi connectivity index (χ4v) is 4.56. The quantitative estimate of drug-likeness (QED) is 0.331. The van der Waals surface area contributed by atoms with Crippen LogP contribution in [0.4, 0.5) is 5.13 Å². The molecule has 5 aromatic rings. The van der Waals surface area contributed by atoms with Crippen molar-refractivity contribution in [3.05, 3.63) is 78.4 Å². The molecule has 5 rings (SSSR count). The number of hydrogen-bond acceptors (Lipinski definition) is 6. The van der Waals surface area contributed by atoms with E-state index in [1.54, 1.807) is 7.11 Å². The number of anilines is 1. The van der Waals surface area contributed by atoms with Crippen LogP contribution in [0.15, 0.2) is 72.8 Å². The predicted molar refractivity (Wildman–Crippen MR) is 132 cm³/mol. The van der Waals surface area contributed by atoms with Crippen LogP contribution in [0, 0.1) is 0 Å². The lowest BCUT2D eigenvalue weighted by Crippen LogP contribution is -2.13. The molecule has 0 spiro atoms. The molecule has 0 radical (unpaired) electrons. The molecule has 0 saturated heterocycles. The first-order valence-electron chi connectivity index (χ1n) is 10.5. The van der Waals surface area contributed by atoms with Crippen molar-refractivity contribution in [2.24, 2.45) is 0 Å². The average Bonchev–Trinajstić information content (AvgIpc) is 3.25. The smallest absolute Gasteiger partial charge is 0.258 e. The van der Waals surface area contributed by atoms with Crippen molar-refractivity contribution < 1.29 is 14.3 Å². The van der Waals surface area contributed by atoms with E-state index in [0.717, 1.165) is 38.2 Å². The number of nitrogens with zero attached hydrogens (tertiary/aromatic N) is 2. The molecule has 0 unspecified atom stereocenters. The maximum absolute atomic E-state index is 13.4. The molecule has 0 saturated carbocycles. The maximum Gasteiger partial charge on any atom is 0.258 e. The molecule has 33 heavy (non-hydrogen) atoms. The Bertz CT molecular complexity index is 1480. The van der Waals surface area contributed by atoms with Crippen LogP contribution in [0.25, 0.3) is 32.4 Å². The van der Waals surface area contributed by atoms with Crippen molar-refractivity contribution in [2.75, 3.05) is 19.0 Å². The average molecular weight is 456 g/mol. The third-order valence-electron chi connectivity index (χ3n) is 5.22. The Morgan fingerprint density at radius 3 is 2.67 bits per heavy atom. The van der Waals surface area contributed by atoms with E-state index >= 15 is 0 Å². The zero-order valence-electron chi connectivity index (χ0n) is 18.2. The molecule has 0 atom stereocenters. The van der Waals surface area contributed by atoms with E-state index in [4.69, 9.17) is 14.5 Å². The van der Waals surface area contributed by atoms with E-state index in [9.17, 15) is 4.79 Å². The lowest BCUT2D eigenvalue weighted by atomic mass is 10.0. The Kier molecular flexibility index (Phi) is 5.62. The molecule has 3 aromatic carbocycles. The number of fused-ring (bicyclic) bond motifs is 2. The Labute approximate surface area is 194 Å². The van der Waals surface area contributed by atoms with Gasteiger partial charge in [-0.05, 0) is 49.4 Å². The van der Waals surface area contributed by atoms with E-state index < -0.39 is 0 Å². The summed E-state index contributed by atoms with van der Waals surface area (Å²) in [6, 6.07) is 22.8. The molecule has 0 bridgehead atoms. The summed E-state index contributed by atoms with van der Waals surface area (Å²) in [5.41, 5.74) is 3.66. The molecule has 0 aliphatic rings. The Balaban J connectivity index is 1.53. The van der Waals surface area contributed by atoms with Gasteiger partial charge in [0.1, 0.15) is 11.5 Å². The molecule has 2 heterocycles. The third kappa shape index (κ3) is 4.23. The van der Waals surface area contributed by atoms with Crippen LogP contribution in [-0.4, -0.2) is 29.6 Å². The molecule has 0 aliphatic carbocycles. The summed E-state index contributed by atoms with van der Waals surface area (Å²) >= 11 is 1.42. The van der Waals surface area contributed by atoms with Crippen LogP contribution in [0.3, 0.4) is 0 Å². The Morgan fingerprint density at radius 2 is 1.82 bits per heavy atom. The van der Waals surface area contributed by atoms with Crippen molar-refractivity contribution in [1.29, 1.82) is 0 Å². The number of benzene rings is 3. The molecule has 0 aliphatic heterocycles. The summed E-state index contributed by atoms with van der Waals surface area (Å²) in [5, 5.41) is 4.28. The lowest BCUT2D eigenvalue weighted by Gasteiger charge is -2.10. The van der Waals surface area contributed by atoms with E-state index in [-0.39, 0.29) is 5.91 Å². The van der Waals surface area contributed by atoms with Crippen LogP contribution in [0.5, 0.6) is 11.5 Å². The van der Waals surface area contributed by atoms with Gasteiger partial charge in [-0.25, -0.2) is 9.97 Å². The summed E-state index contributed by atoms with van der Waals surface area (Å²) in [5.74, 6) is 1.28. The number of amides is 1. The van der Waals surface area contributed by atoms with Crippen LogP contribution in [-0.2, 0) is 0 Å². The molecular formula is C26H21N3O3S. The molecule has 164 valence electrons. The highest BCUT2D eigenvalue weighted by Crippen LogP contribution is 2.31. The molecule has 6 nitrogen and oxygen atoms in total. The van der Waals surface area contributed by atoms with Crippen molar-refractivity contribution in [1.82, 2.24) is 9.97 Å². The molecule has 2 aromatic heterocycles. The van der Waals surface area contributed by atoms with Crippen molar-refractivity contribution in [2.45, 2.75) is 6.92 Å². The van der Waals surface area contributed by atoms with Gasteiger partial charge in [0.25, 0.3) is 5.91 Å². The number of carbonyl (C=O) groups is 1. The molecule has 7 heteroatoms. The minimum Gasteiger partial charge on any atom is -0.497 e. The number of thiazole rings is 1. The normalized spacial score (nSPS) is 11.0. The Hall–Kier alpha value is -3.97. The summed E-state index contributed by atoms with van der Waals surface area (Å²) in [6.45, 7) is 2.54. The highest BCUT2D eigenvalue weighted by molar-refractivity contribution is 7.22. The number of nitrogens with one attached hydrogen (secondary N) is 1. The second-order valence-electron chi connectivity index (χ2n) is 7.34. The van der Waals surface area contributed by atoms with Gasteiger partial charge in [-0.2, -0.15) is 0 Å². The van der Waals surface area contributed by atoms with Crippen LogP contribution in [0.2, 0.25) is 0 Å². The van der Waals surface area contributed by atoms with Gasteiger partial charge in [0.2, 0.25) is 0 Å². The summed E-state index contributed by atoms with van der Waals surface area (Å²) in [6.07, 6.45) is 0. The minimum absolute atomic E-state index is 0.234. The zero-order valence-corrected chi connectivity index (χ0v) is 19.0. The van der Waals surface area contributed by atoms with Gasteiger partial charge in [0.15, 0.2) is 5.13 Å². The fraction of sp³-hybridized carbons (Fsp3) is 0.115. The number of ether oxygens (including phenoxy) is 2. The first kappa shape index (κ1) is 20.9. The summed E-state index contributed by atoms with van der Waals surface area (Å²) in [7, 11) is 1.63. The van der Waals surface area contributed by atoms with Crippen LogP contribution >= 0.6 is 11.3 Å². The van der Waals surface area contributed by atoms with Gasteiger partial charge in [0, 0.05) is 10.9 Å². The van der Waals surface area contributed by atoms with Gasteiger partial charge < -0.3 is 9.47 Å². The number of rotatable bonds is 6. The van der Waals surface area contributed by atoms with Gasteiger partial charge in [-0.1, -0.05) is 41.7 Å². The number of methoxy groups -OCH3 is 1. The van der Waals surface area contributed by atoms with Gasteiger partial charge >= 0.3 is 0 Å². The third-order valence-corrected chi connectivity index (χ3v) is 6.15. The molecule has 1 amide bonds. The largest absolute Gasteiger partial charge is 0.497 e. The fourth-order valence-electron chi connectivity index (χ4n) is 3.67. The summed E-state index contributed by atoms with van der Waals surface area (Å²) < 4.78 is 11.9. The number of hydrogen-bond donors (Lipinski definition) is 1. The van der Waals surface area contributed by atoms with Crippen LogP contribution in [0.1, 0.15) is 17.3 Å². The van der Waals surface area contributed by atoms with E-state index in [0.29, 0.717) is 23.0 Å². The second kappa shape index (κ2) is 8.88. The SMILES string of the molecule is CCOc1ccc2nc(NC(=O)c3cc(-c4cccc(OC)c4)nc4ccccc34)sc2c1. The van der Waals surface area contributed by atoms with Crippen molar-refractivity contribution in [3.63, 3.8) is 0 Å². The maximum atomic E-state index is 13.4. The van der Waals surface area contributed by atoms with Gasteiger partial charge in [-0.3, -0.25) is 10.1 Å². The molecule has 1 N–H and O–H groups in total. The zero-order chi connectivity index (χ0) is 22.8. The van der Waals surface area contributed by atoms with E-state index in [1.165, 1.54) is 11.3 Å². The van der Waals surface area contributed by atoms with Crippen molar-refractivity contribution in [3.8, 4) is 22.8 Å². The first-order valence-corrected chi connectivity index (χ1v) is 11.3. The number of pyridine rings is 1. The first-order chi connectivity index (χ1) is 16.1. The van der Waals surface area contributed by atoms with Gasteiger partial charge in [-0.15, -0.1) is 0 Å². The van der Waals surface area contributed by atoms with E-state index in [2.05, 4.69) is 10.3 Å².